The lowest BCUT2D eigenvalue weighted by Crippen LogP contribution is -2.13. The first-order chi connectivity index (χ1) is 11.5. The number of hydrogen-bond donors (Lipinski definition) is 1. The summed E-state index contributed by atoms with van der Waals surface area (Å²) < 4.78 is 13.2. The highest BCUT2D eigenvalue weighted by molar-refractivity contribution is 7.89. The summed E-state index contributed by atoms with van der Waals surface area (Å²) in [7, 11) is -1.19. The van der Waals surface area contributed by atoms with Gasteiger partial charge in [-0.25, -0.2) is 4.21 Å². The molecule has 0 aliphatic carbocycles. The van der Waals surface area contributed by atoms with E-state index in [4.69, 9.17) is 0 Å². The van der Waals surface area contributed by atoms with Crippen LogP contribution in [0.25, 0.3) is 0 Å². The molecule has 136 valence electrons. The number of benzene rings is 1. The summed E-state index contributed by atoms with van der Waals surface area (Å²) in [5.41, 5.74) is 1.17. The van der Waals surface area contributed by atoms with Crippen LogP contribution < -0.4 is 0 Å². The van der Waals surface area contributed by atoms with Crippen LogP contribution >= 0.6 is 0 Å². The molecule has 1 N–H and O–H groups in total. The van der Waals surface area contributed by atoms with Crippen LogP contribution in [-0.2, 0) is 10.8 Å². The zero-order valence-electron chi connectivity index (χ0n) is 15.8. The van der Waals surface area contributed by atoms with Crippen molar-refractivity contribution in [3.05, 3.63) is 40.8 Å². The fraction of sp³-hybridized carbons (Fsp3) is 0.619. The van der Waals surface area contributed by atoms with E-state index in [0.29, 0.717) is 0 Å². The second-order valence-corrected chi connectivity index (χ2v) is 8.09. The summed E-state index contributed by atoms with van der Waals surface area (Å²) in [6.07, 6.45) is 8.46. The molecule has 0 aliphatic rings. The third-order valence-electron chi connectivity index (χ3n) is 4.46. The van der Waals surface area contributed by atoms with E-state index >= 15 is 0 Å². The van der Waals surface area contributed by atoms with Crippen molar-refractivity contribution in [2.45, 2.75) is 83.6 Å². The maximum absolute atomic E-state index is 13.2. The lowest BCUT2D eigenvalue weighted by Gasteiger charge is -2.20. The summed E-state index contributed by atoms with van der Waals surface area (Å²) in [5.74, 6) is 0.281. The Hall–Kier alpha value is -0.930. The molecule has 0 spiro atoms. The number of aliphatic hydroxyl groups is 1. The first kappa shape index (κ1) is 21.1. The van der Waals surface area contributed by atoms with E-state index < -0.39 is 16.9 Å². The molecule has 0 saturated heterocycles. The molecule has 0 fully saturated rings. The van der Waals surface area contributed by atoms with E-state index in [9.17, 15) is 9.32 Å². The van der Waals surface area contributed by atoms with E-state index in [-0.39, 0.29) is 5.92 Å². The minimum atomic E-state index is -1.19. The van der Waals surface area contributed by atoms with Crippen molar-refractivity contribution >= 4 is 10.8 Å². The molecule has 1 rings (SSSR count). The zero-order valence-corrected chi connectivity index (χ0v) is 16.6. The van der Waals surface area contributed by atoms with Crippen molar-refractivity contribution in [2.75, 3.05) is 0 Å². The first-order valence-electron chi connectivity index (χ1n) is 9.41. The SMILES string of the molecule is CCCC[C@H](CC)/C(=C/[C@H](O)CCCC)[S@@](=O)c1ccc(C)cc1. The fourth-order valence-electron chi connectivity index (χ4n) is 2.83. The van der Waals surface area contributed by atoms with Crippen LogP contribution in [0, 0.1) is 12.8 Å². The molecule has 0 aromatic heterocycles. The first-order valence-corrected chi connectivity index (χ1v) is 10.6. The average Bonchev–Trinajstić information content (AvgIpc) is 2.59. The molecule has 3 atom stereocenters. The zero-order chi connectivity index (χ0) is 17.9. The van der Waals surface area contributed by atoms with Crippen LogP contribution in [-0.4, -0.2) is 15.4 Å². The Bertz CT molecular complexity index is 519. The van der Waals surface area contributed by atoms with Crippen LogP contribution in [0.15, 0.2) is 40.1 Å². The van der Waals surface area contributed by atoms with Gasteiger partial charge in [-0.2, -0.15) is 0 Å². The van der Waals surface area contributed by atoms with Gasteiger partial charge >= 0.3 is 0 Å². The predicted molar refractivity (Wildman–Crippen MR) is 105 cm³/mol. The molecule has 0 bridgehead atoms. The monoisotopic (exact) mass is 350 g/mol. The van der Waals surface area contributed by atoms with Gasteiger partial charge in [0.2, 0.25) is 0 Å². The highest BCUT2D eigenvalue weighted by atomic mass is 32.2. The normalized spacial score (nSPS) is 16.0. The topological polar surface area (TPSA) is 37.3 Å². The van der Waals surface area contributed by atoms with Crippen LogP contribution in [0.2, 0.25) is 0 Å². The molecule has 0 saturated carbocycles. The molecule has 0 unspecified atom stereocenters. The summed E-state index contributed by atoms with van der Waals surface area (Å²) in [5, 5.41) is 10.3. The van der Waals surface area contributed by atoms with E-state index in [1.807, 2.05) is 37.3 Å². The third-order valence-corrected chi connectivity index (χ3v) is 6.06. The van der Waals surface area contributed by atoms with Crippen LogP contribution in [0.4, 0.5) is 0 Å². The van der Waals surface area contributed by atoms with E-state index in [1.165, 1.54) is 5.56 Å². The Balaban J connectivity index is 3.07. The van der Waals surface area contributed by atoms with Crippen molar-refractivity contribution in [3.8, 4) is 0 Å². The van der Waals surface area contributed by atoms with Crippen molar-refractivity contribution in [3.63, 3.8) is 0 Å². The van der Waals surface area contributed by atoms with Crippen molar-refractivity contribution in [1.82, 2.24) is 0 Å². The number of allylic oxidation sites excluding steroid dienone is 1. The number of hydrogen-bond acceptors (Lipinski definition) is 2. The largest absolute Gasteiger partial charge is 0.389 e. The summed E-state index contributed by atoms with van der Waals surface area (Å²) in [6, 6.07) is 7.91. The quantitative estimate of drug-likeness (QED) is 0.551. The summed E-state index contributed by atoms with van der Waals surface area (Å²) in [4.78, 5) is 1.75. The second-order valence-electron chi connectivity index (χ2n) is 6.61. The molecule has 0 amide bonds. The Morgan fingerprint density at radius 2 is 1.67 bits per heavy atom. The molecular formula is C21H34O2S. The molecule has 0 heterocycles. The Morgan fingerprint density at radius 1 is 1.08 bits per heavy atom. The summed E-state index contributed by atoms with van der Waals surface area (Å²) in [6.45, 7) is 8.49. The molecule has 24 heavy (non-hydrogen) atoms. The Labute approximate surface area is 150 Å². The second kappa shape index (κ2) is 11.6. The Morgan fingerprint density at radius 3 is 2.21 bits per heavy atom. The van der Waals surface area contributed by atoms with Gasteiger partial charge in [-0.3, -0.25) is 0 Å². The smallest absolute Gasteiger partial charge is 0.0808 e. The molecule has 3 heteroatoms. The predicted octanol–water partition coefficient (Wildman–Crippen LogP) is 5.75. The highest BCUT2D eigenvalue weighted by Crippen LogP contribution is 2.29. The molecule has 1 aromatic carbocycles. The molecule has 0 aliphatic heterocycles. The minimum Gasteiger partial charge on any atom is -0.389 e. The number of unbranched alkanes of at least 4 members (excludes halogenated alkanes) is 2. The van der Waals surface area contributed by atoms with Gasteiger partial charge in [-0.1, -0.05) is 64.2 Å². The van der Waals surface area contributed by atoms with Crippen LogP contribution in [0.3, 0.4) is 0 Å². The van der Waals surface area contributed by atoms with Crippen LogP contribution in [0.5, 0.6) is 0 Å². The lowest BCUT2D eigenvalue weighted by atomic mass is 9.97. The van der Waals surface area contributed by atoms with Gasteiger partial charge in [0, 0.05) is 9.80 Å². The summed E-state index contributed by atoms with van der Waals surface area (Å²) >= 11 is 0. The van der Waals surface area contributed by atoms with Crippen molar-refractivity contribution in [2.24, 2.45) is 5.92 Å². The van der Waals surface area contributed by atoms with Crippen LogP contribution in [0.1, 0.15) is 71.3 Å². The van der Waals surface area contributed by atoms with E-state index in [2.05, 4.69) is 20.8 Å². The van der Waals surface area contributed by atoms with Crippen molar-refractivity contribution < 1.29 is 9.32 Å². The molecular weight excluding hydrogens is 316 g/mol. The highest BCUT2D eigenvalue weighted by Gasteiger charge is 2.21. The van der Waals surface area contributed by atoms with E-state index in [1.54, 1.807) is 0 Å². The minimum absolute atomic E-state index is 0.281. The standard InChI is InChI=1S/C21H34O2S/c1-5-8-10-18(7-3)21(16-19(22)11-9-6-2)24(23)20-14-12-17(4)13-15-20/h12-16,18-19,22H,5-11H2,1-4H3/b21-16-/t18-,19+,24-/m0/s1. The van der Waals surface area contributed by atoms with Crippen molar-refractivity contribution in [1.29, 1.82) is 0 Å². The van der Waals surface area contributed by atoms with Gasteiger partial charge in [-0.05, 0) is 50.3 Å². The van der Waals surface area contributed by atoms with Gasteiger partial charge < -0.3 is 5.11 Å². The number of rotatable bonds is 11. The number of aliphatic hydroxyl groups excluding tert-OH is 1. The van der Waals surface area contributed by atoms with Gasteiger partial charge in [-0.15, -0.1) is 0 Å². The van der Waals surface area contributed by atoms with Gasteiger partial charge in [0.15, 0.2) is 0 Å². The third kappa shape index (κ3) is 6.90. The van der Waals surface area contributed by atoms with Gasteiger partial charge in [0.1, 0.15) is 0 Å². The number of aryl methyl sites for hydroxylation is 1. The molecule has 1 aromatic rings. The van der Waals surface area contributed by atoms with Gasteiger partial charge in [0.05, 0.1) is 16.9 Å². The van der Waals surface area contributed by atoms with Gasteiger partial charge in [0.25, 0.3) is 0 Å². The lowest BCUT2D eigenvalue weighted by molar-refractivity contribution is 0.208. The maximum Gasteiger partial charge on any atom is 0.0808 e. The Kier molecular flexibility index (Phi) is 10.2. The molecule has 0 radical (unpaired) electrons. The fourth-order valence-corrected chi connectivity index (χ4v) is 4.35. The maximum atomic E-state index is 13.2. The van der Waals surface area contributed by atoms with E-state index in [0.717, 1.165) is 54.7 Å². The molecule has 2 nitrogen and oxygen atoms in total. The average molecular weight is 351 g/mol.